The molecule has 0 N–H and O–H groups in total. The van der Waals surface area contributed by atoms with Crippen LogP contribution in [-0.4, -0.2) is 49.7 Å². The molecule has 0 spiro atoms. The Balaban J connectivity index is 1.52. The highest BCUT2D eigenvalue weighted by molar-refractivity contribution is 5.90. The monoisotopic (exact) mass is 395 g/mol. The molecule has 1 atom stereocenters. The van der Waals surface area contributed by atoms with E-state index in [9.17, 15) is 9.18 Å². The molecule has 0 radical (unpaired) electrons. The Morgan fingerprint density at radius 1 is 1.28 bits per heavy atom. The van der Waals surface area contributed by atoms with Crippen molar-refractivity contribution < 1.29 is 13.9 Å². The van der Waals surface area contributed by atoms with E-state index in [0.29, 0.717) is 36.8 Å². The molecule has 1 aliphatic rings. The van der Waals surface area contributed by atoms with Crippen molar-refractivity contribution in [2.45, 2.75) is 32.3 Å². The predicted octanol–water partition coefficient (Wildman–Crippen LogP) is 3.05. The molecule has 150 valence electrons. The first kappa shape index (κ1) is 19.0. The molecule has 4 rings (SSSR count). The summed E-state index contributed by atoms with van der Waals surface area (Å²) >= 11 is 0. The Morgan fingerprint density at radius 3 is 2.90 bits per heavy atom. The molecular formula is C21H22FN5O2. The smallest absolute Gasteiger partial charge is 0.293 e. The van der Waals surface area contributed by atoms with Gasteiger partial charge in [0.25, 0.3) is 5.91 Å². The van der Waals surface area contributed by atoms with Crippen molar-refractivity contribution in [1.82, 2.24) is 24.6 Å². The molecule has 3 aromatic rings. The average Bonchev–Trinajstić information content (AvgIpc) is 3.36. The fraction of sp³-hybridized carbons (Fsp3) is 0.333. The summed E-state index contributed by atoms with van der Waals surface area (Å²) in [5.41, 5.74) is 0.293. The fourth-order valence-electron chi connectivity index (χ4n) is 3.40. The molecule has 1 aromatic carbocycles. The number of ether oxygens (including phenoxy) is 1. The SMILES string of the molecule is CCCc1nc(C(=O)N2CCC(Oc3cccnc3)C2)nn1-c1ccccc1F. The topological polar surface area (TPSA) is 73.1 Å². The Morgan fingerprint density at radius 2 is 2.14 bits per heavy atom. The number of carbonyl (C=O) groups excluding carboxylic acids is 1. The van der Waals surface area contributed by atoms with E-state index >= 15 is 0 Å². The minimum atomic E-state index is -0.403. The van der Waals surface area contributed by atoms with Crippen molar-refractivity contribution in [3.8, 4) is 11.4 Å². The van der Waals surface area contributed by atoms with Crippen LogP contribution < -0.4 is 4.74 Å². The van der Waals surface area contributed by atoms with Gasteiger partial charge in [-0.05, 0) is 30.7 Å². The lowest BCUT2D eigenvalue weighted by Gasteiger charge is -2.15. The molecule has 29 heavy (non-hydrogen) atoms. The molecule has 1 aliphatic heterocycles. The number of benzene rings is 1. The largest absolute Gasteiger partial charge is 0.487 e. The zero-order valence-corrected chi connectivity index (χ0v) is 16.2. The van der Waals surface area contributed by atoms with Crippen LogP contribution in [0.25, 0.3) is 5.69 Å². The van der Waals surface area contributed by atoms with E-state index in [1.54, 1.807) is 35.5 Å². The number of pyridine rings is 1. The van der Waals surface area contributed by atoms with Crippen molar-refractivity contribution >= 4 is 5.91 Å². The normalized spacial score (nSPS) is 16.2. The highest BCUT2D eigenvalue weighted by Gasteiger charge is 2.31. The van der Waals surface area contributed by atoms with E-state index in [0.717, 1.165) is 12.8 Å². The number of aryl methyl sites for hydroxylation is 1. The average molecular weight is 395 g/mol. The van der Waals surface area contributed by atoms with Crippen LogP contribution in [0.15, 0.2) is 48.8 Å². The molecule has 1 amide bonds. The number of para-hydroxylation sites is 1. The number of halogens is 1. The van der Waals surface area contributed by atoms with Crippen LogP contribution in [0.4, 0.5) is 4.39 Å². The van der Waals surface area contributed by atoms with Gasteiger partial charge in [-0.3, -0.25) is 9.78 Å². The lowest BCUT2D eigenvalue weighted by atomic mass is 10.3. The van der Waals surface area contributed by atoms with Crippen LogP contribution in [0, 0.1) is 5.82 Å². The van der Waals surface area contributed by atoms with Crippen LogP contribution in [0.2, 0.25) is 0 Å². The second-order valence-electron chi connectivity index (χ2n) is 6.93. The standard InChI is InChI=1S/C21H22FN5O2/c1-2-6-19-24-20(25-27(19)18-9-4-3-8-17(18)22)21(28)26-12-10-16(14-26)29-15-7-5-11-23-13-15/h3-5,7-9,11,13,16H,2,6,10,12,14H2,1H3. The summed E-state index contributed by atoms with van der Waals surface area (Å²) in [6.45, 7) is 3.01. The summed E-state index contributed by atoms with van der Waals surface area (Å²) in [7, 11) is 0. The maximum atomic E-state index is 14.3. The van der Waals surface area contributed by atoms with Crippen LogP contribution in [-0.2, 0) is 6.42 Å². The van der Waals surface area contributed by atoms with Crippen molar-refractivity contribution in [2.75, 3.05) is 13.1 Å². The number of rotatable bonds is 6. The van der Waals surface area contributed by atoms with Gasteiger partial charge in [0.15, 0.2) is 0 Å². The first-order valence-electron chi connectivity index (χ1n) is 9.72. The highest BCUT2D eigenvalue weighted by atomic mass is 19.1. The Labute approximate surface area is 168 Å². The van der Waals surface area contributed by atoms with E-state index < -0.39 is 5.82 Å². The van der Waals surface area contributed by atoms with E-state index in [-0.39, 0.29) is 17.8 Å². The zero-order valence-electron chi connectivity index (χ0n) is 16.2. The number of amides is 1. The summed E-state index contributed by atoms with van der Waals surface area (Å²) < 4.78 is 21.6. The number of carbonyl (C=O) groups is 1. The third-order valence-electron chi connectivity index (χ3n) is 4.79. The molecular weight excluding hydrogens is 373 g/mol. The molecule has 3 heterocycles. The van der Waals surface area contributed by atoms with Gasteiger partial charge in [-0.2, -0.15) is 0 Å². The van der Waals surface area contributed by atoms with Gasteiger partial charge in [0.05, 0.1) is 12.7 Å². The van der Waals surface area contributed by atoms with Crippen molar-refractivity contribution in [2.24, 2.45) is 0 Å². The second kappa shape index (κ2) is 8.38. The van der Waals surface area contributed by atoms with Gasteiger partial charge in [-0.1, -0.05) is 19.1 Å². The van der Waals surface area contributed by atoms with Gasteiger partial charge >= 0.3 is 0 Å². The summed E-state index contributed by atoms with van der Waals surface area (Å²) in [6.07, 6.45) is 5.36. The lowest BCUT2D eigenvalue weighted by molar-refractivity contribution is 0.0760. The molecule has 2 aromatic heterocycles. The Kier molecular flexibility index (Phi) is 5.50. The summed E-state index contributed by atoms with van der Waals surface area (Å²) in [5, 5.41) is 4.34. The summed E-state index contributed by atoms with van der Waals surface area (Å²) in [5.74, 6) is 0.663. The molecule has 1 unspecified atom stereocenters. The van der Waals surface area contributed by atoms with Crippen LogP contribution in [0.3, 0.4) is 0 Å². The van der Waals surface area contributed by atoms with E-state index in [1.807, 2.05) is 19.1 Å². The molecule has 8 heteroatoms. The molecule has 0 bridgehead atoms. The zero-order chi connectivity index (χ0) is 20.2. The number of aromatic nitrogens is 4. The third-order valence-corrected chi connectivity index (χ3v) is 4.79. The molecule has 1 fully saturated rings. The van der Waals surface area contributed by atoms with Crippen LogP contribution in [0.5, 0.6) is 5.75 Å². The number of hydrogen-bond acceptors (Lipinski definition) is 5. The van der Waals surface area contributed by atoms with E-state index in [2.05, 4.69) is 15.1 Å². The summed E-state index contributed by atoms with van der Waals surface area (Å²) in [4.78, 5) is 23.1. The fourth-order valence-corrected chi connectivity index (χ4v) is 3.40. The van der Waals surface area contributed by atoms with Crippen molar-refractivity contribution in [3.63, 3.8) is 0 Å². The highest BCUT2D eigenvalue weighted by Crippen LogP contribution is 2.20. The first-order chi connectivity index (χ1) is 14.2. The maximum absolute atomic E-state index is 14.3. The van der Waals surface area contributed by atoms with Gasteiger partial charge in [0.2, 0.25) is 5.82 Å². The van der Waals surface area contributed by atoms with Crippen molar-refractivity contribution in [3.05, 3.63) is 66.3 Å². The van der Waals surface area contributed by atoms with Gasteiger partial charge in [0.1, 0.15) is 29.2 Å². The minimum Gasteiger partial charge on any atom is -0.487 e. The maximum Gasteiger partial charge on any atom is 0.293 e. The number of hydrogen-bond donors (Lipinski definition) is 0. The Bertz CT molecular complexity index is 992. The van der Waals surface area contributed by atoms with Gasteiger partial charge in [0, 0.05) is 25.6 Å². The quantitative estimate of drug-likeness (QED) is 0.641. The molecule has 0 saturated carbocycles. The molecule has 0 aliphatic carbocycles. The van der Waals surface area contributed by atoms with E-state index in [1.165, 1.54) is 10.7 Å². The van der Waals surface area contributed by atoms with E-state index in [4.69, 9.17) is 4.74 Å². The van der Waals surface area contributed by atoms with Gasteiger partial charge < -0.3 is 9.64 Å². The number of likely N-dealkylation sites (tertiary alicyclic amines) is 1. The number of nitrogens with zero attached hydrogens (tertiary/aromatic N) is 5. The van der Waals surface area contributed by atoms with Crippen LogP contribution in [0.1, 0.15) is 36.2 Å². The summed E-state index contributed by atoms with van der Waals surface area (Å²) in [6, 6.07) is 10.0. The lowest BCUT2D eigenvalue weighted by Crippen LogP contribution is -2.31. The minimum absolute atomic E-state index is 0.0822. The van der Waals surface area contributed by atoms with Gasteiger partial charge in [-0.25, -0.2) is 14.1 Å². The van der Waals surface area contributed by atoms with Crippen LogP contribution >= 0.6 is 0 Å². The third kappa shape index (κ3) is 4.11. The predicted molar refractivity (Wildman–Crippen MR) is 104 cm³/mol. The molecule has 7 nitrogen and oxygen atoms in total. The van der Waals surface area contributed by atoms with Gasteiger partial charge in [-0.15, -0.1) is 5.10 Å². The Hall–Kier alpha value is -3.29. The molecule has 1 saturated heterocycles. The second-order valence-corrected chi connectivity index (χ2v) is 6.93. The van der Waals surface area contributed by atoms with Crippen molar-refractivity contribution in [1.29, 1.82) is 0 Å². The first-order valence-corrected chi connectivity index (χ1v) is 9.72.